The Balaban J connectivity index is 1.79. The lowest BCUT2D eigenvalue weighted by Gasteiger charge is -2.18. The largest absolute Gasteiger partial charge is 0.482 e. The smallest absolute Gasteiger partial charge is 0.272 e. The summed E-state index contributed by atoms with van der Waals surface area (Å²) in [6, 6.07) is 8.51. The van der Waals surface area contributed by atoms with E-state index in [1.807, 2.05) is 0 Å². The number of hydrogen-bond donors (Lipinski definition) is 3. The second-order valence-corrected chi connectivity index (χ2v) is 4.09. The molecule has 3 N–H and O–H groups in total. The molecule has 2 aromatic rings. The second-order valence-electron chi connectivity index (χ2n) is 4.09. The van der Waals surface area contributed by atoms with Crippen molar-refractivity contribution in [3.05, 3.63) is 42.2 Å². The molecule has 2 amide bonds. The van der Waals surface area contributed by atoms with Crippen LogP contribution in [0, 0.1) is 0 Å². The zero-order valence-electron chi connectivity index (χ0n) is 9.90. The Hall–Kier alpha value is -2.76. The van der Waals surface area contributed by atoms with E-state index >= 15 is 0 Å². The van der Waals surface area contributed by atoms with Gasteiger partial charge in [-0.25, -0.2) is 0 Å². The maximum absolute atomic E-state index is 11.8. The van der Waals surface area contributed by atoms with Gasteiger partial charge in [0.2, 0.25) is 0 Å². The number of fused-ring (bicyclic) bond motifs is 1. The molecule has 0 aliphatic carbocycles. The van der Waals surface area contributed by atoms with Crippen LogP contribution in [-0.4, -0.2) is 23.4 Å². The molecule has 0 saturated heterocycles. The first-order valence-corrected chi connectivity index (χ1v) is 5.74. The van der Waals surface area contributed by atoms with Gasteiger partial charge in [0.1, 0.15) is 11.4 Å². The van der Waals surface area contributed by atoms with Gasteiger partial charge in [-0.1, -0.05) is 0 Å². The number of carbonyl (C=O) groups excluding carboxylic acids is 2. The predicted octanol–water partition coefficient (Wildman–Crippen LogP) is 1.60. The van der Waals surface area contributed by atoms with Crippen molar-refractivity contribution in [2.75, 3.05) is 17.2 Å². The molecule has 6 nitrogen and oxygen atoms in total. The van der Waals surface area contributed by atoms with E-state index in [2.05, 4.69) is 15.6 Å². The summed E-state index contributed by atoms with van der Waals surface area (Å²) in [5.41, 5.74) is 1.69. The molecule has 0 fully saturated rings. The van der Waals surface area contributed by atoms with Gasteiger partial charge in [-0.3, -0.25) is 9.59 Å². The van der Waals surface area contributed by atoms with E-state index < -0.39 is 0 Å². The van der Waals surface area contributed by atoms with E-state index in [4.69, 9.17) is 4.74 Å². The number of hydrogen-bond acceptors (Lipinski definition) is 3. The molecule has 2 heterocycles. The zero-order valence-corrected chi connectivity index (χ0v) is 9.90. The van der Waals surface area contributed by atoms with Gasteiger partial charge >= 0.3 is 0 Å². The Kier molecular flexibility index (Phi) is 2.68. The minimum Gasteiger partial charge on any atom is -0.482 e. The molecule has 0 spiro atoms. The van der Waals surface area contributed by atoms with Gasteiger partial charge in [0.05, 0.1) is 5.69 Å². The summed E-state index contributed by atoms with van der Waals surface area (Å²) >= 11 is 0. The number of H-pyrrole nitrogens is 1. The molecular formula is C13H11N3O3. The monoisotopic (exact) mass is 257 g/mol. The Morgan fingerprint density at radius 2 is 2.21 bits per heavy atom. The van der Waals surface area contributed by atoms with Crippen molar-refractivity contribution in [3.8, 4) is 5.75 Å². The van der Waals surface area contributed by atoms with Crippen molar-refractivity contribution in [1.29, 1.82) is 0 Å². The van der Waals surface area contributed by atoms with Gasteiger partial charge in [-0.2, -0.15) is 0 Å². The van der Waals surface area contributed by atoms with Crippen LogP contribution in [0.3, 0.4) is 0 Å². The Labute approximate surface area is 108 Å². The molecule has 0 bridgehead atoms. The maximum Gasteiger partial charge on any atom is 0.272 e. The molecule has 3 rings (SSSR count). The van der Waals surface area contributed by atoms with Crippen molar-refractivity contribution >= 4 is 23.2 Å². The fourth-order valence-electron chi connectivity index (χ4n) is 1.82. The third-order valence-corrected chi connectivity index (χ3v) is 2.71. The Morgan fingerprint density at radius 3 is 3.00 bits per heavy atom. The van der Waals surface area contributed by atoms with Crippen molar-refractivity contribution in [1.82, 2.24) is 4.98 Å². The molecule has 6 heteroatoms. The van der Waals surface area contributed by atoms with Crippen LogP contribution in [0.5, 0.6) is 5.75 Å². The Bertz CT molecular complexity index is 635. The molecule has 1 aromatic carbocycles. The summed E-state index contributed by atoms with van der Waals surface area (Å²) in [6.07, 6.45) is 1.68. The molecule has 1 aliphatic heterocycles. The summed E-state index contributed by atoms with van der Waals surface area (Å²) < 4.78 is 5.28. The van der Waals surface area contributed by atoms with E-state index in [0.717, 1.165) is 0 Å². The standard InChI is InChI=1S/C13H11N3O3/c17-12-7-19-11-6-8(3-4-9(11)16-12)15-13(18)10-2-1-5-14-10/h1-6,14H,7H2,(H,15,18)(H,16,17). The number of nitrogens with one attached hydrogen (secondary N) is 3. The lowest BCUT2D eigenvalue weighted by atomic mass is 10.2. The number of amides is 2. The van der Waals surface area contributed by atoms with Gasteiger partial charge < -0.3 is 20.4 Å². The lowest BCUT2D eigenvalue weighted by Crippen LogP contribution is -2.25. The summed E-state index contributed by atoms with van der Waals surface area (Å²) in [5.74, 6) is 0.129. The van der Waals surface area contributed by atoms with Gasteiger partial charge in [-0.05, 0) is 24.3 Å². The van der Waals surface area contributed by atoms with Crippen LogP contribution in [0.15, 0.2) is 36.5 Å². The van der Waals surface area contributed by atoms with E-state index in [1.54, 1.807) is 36.5 Å². The third-order valence-electron chi connectivity index (χ3n) is 2.71. The molecule has 0 unspecified atom stereocenters. The van der Waals surface area contributed by atoms with Gasteiger partial charge in [-0.15, -0.1) is 0 Å². The highest BCUT2D eigenvalue weighted by molar-refractivity contribution is 6.03. The van der Waals surface area contributed by atoms with Crippen molar-refractivity contribution < 1.29 is 14.3 Å². The molecule has 0 atom stereocenters. The first-order valence-electron chi connectivity index (χ1n) is 5.74. The molecule has 96 valence electrons. The first kappa shape index (κ1) is 11.3. The fraction of sp³-hybridized carbons (Fsp3) is 0.0769. The quantitative estimate of drug-likeness (QED) is 0.764. The molecule has 0 saturated carbocycles. The van der Waals surface area contributed by atoms with Gasteiger partial charge in [0, 0.05) is 18.0 Å². The molecule has 0 radical (unpaired) electrons. The Morgan fingerprint density at radius 1 is 1.32 bits per heavy atom. The average molecular weight is 257 g/mol. The van der Waals surface area contributed by atoms with Crippen LogP contribution < -0.4 is 15.4 Å². The predicted molar refractivity (Wildman–Crippen MR) is 69.3 cm³/mol. The van der Waals surface area contributed by atoms with E-state index in [9.17, 15) is 9.59 Å². The van der Waals surface area contributed by atoms with Gasteiger partial charge in [0.15, 0.2) is 6.61 Å². The number of ether oxygens (including phenoxy) is 1. The average Bonchev–Trinajstić information content (AvgIpc) is 2.93. The van der Waals surface area contributed by atoms with Crippen LogP contribution in [0.25, 0.3) is 0 Å². The SMILES string of the molecule is O=C1COc2cc(NC(=O)c3ccc[nH]3)ccc2N1. The summed E-state index contributed by atoms with van der Waals surface area (Å²) in [4.78, 5) is 25.8. The summed E-state index contributed by atoms with van der Waals surface area (Å²) in [7, 11) is 0. The van der Waals surface area contributed by atoms with E-state index in [1.165, 1.54) is 0 Å². The minimum atomic E-state index is -0.232. The number of aromatic nitrogens is 1. The second kappa shape index (κ2) is 4.49. The fourth-order valence-corrected chi connectivity index (χ4v) is 1.82. The highest BCUT2D eigenvalue weighted by atomic mass is 16.5. The topological polar surface area (TPSA) is 83.2 Å². The van der Waals surface area contributed by atoms with E-state index in [-0.39, 0.29) is 18.4 Å². The third kappa shape index (κ3) is 2.28. The molecule has 19 heavy (non-hydrogen) atoms. The number of carbonyl (C=O) groups is 2. The number of benzene rings is 1. The maximum atomic E-state index is 11.8. The van der Waals surface area contributed by atoms with Crippen LogP contribution in [-0.2, 0) is 4.79 Å². The number of anilines is 2. The van der Waals surface area contributed by atoms with Crippen molar-refractivity contribution in [3.63, 3.8) is 0 Å². The highest BCUT2D eigenvalue weighted by Gasteiger charge is 2.16. The van der Waals surface area contributed by atoms with Crippen LogP contribution in [0.1, 0.15) is 10.5 Å². The summed E-state index contributed by atoms with van der Waals surface area (Å²) in [6.45, 7) is -0.0129. The molecule has 1 aliphatic rings. The minimum absolute atomic E-state index is 0.0129. The molecular weight excluding hydrogens is 246 g/mol. The van der Waals surface area contributed by atoms with Crippen LogP contribution >= 0.6 is 0 Å². The lowest BCUT2D eigenvalue weighted by molar-refractivity contribution is -0.118. The number of aromatic amines is 1. The summed E-state index contributed by atoms with van der Waals surface area (Å²) in [5, 5.41) is 5.43. The zero-order chi connectivity index (χ0) is 13.2. The highest BCUT2D eigenvalue weighted by Crippen LogP contribution is 2.30. The van der Waals surface area contributed by atoms with Gasteiger partial charge in [0.25, 0.3) is 11.8 Å². The van der Waals surface area contributed by atoms with Crippen LogP contribution in [0.4, 0.5) is 11.4 Å². The van der Waals surface area contributed by atoms with Crippen molar-refractivity contribution in [2.24, 2.45) is 0 Å². The van der Waals surface area contributed by atoms with Crippen molar-refractivity contribution in [2.45, 2.75) is 0 Å². The normalized spacial score (nSPS) is 13.2. The number of rotatable bonds is 2. The first-order chi connectivity index (χ1) is 9.22. The van der Waals surface area contributed by atoms with E-state index in [0.29, 0.717) is 22.8 Å². The van der Waals surface area contributed by atoms with Crippen LogP contribution in [0.2, 0.25) is 0 Å². The molecule has 1 aromatic heterocycles.